The van der Waals surface area contributed by atoms with Crippen molar-refractivity contribution in [2.24, 2.45) is 23.2 Å². The summed E-state index contributed by atoms with van der Waals surface area (Å²) in [6.07, 6.45) is 8.91. The lowest BCUT2D eigenvalue weighted by atomic mass is 9.43. The first-order valence-electron chi connectivity index (χ1n) is 11.9. The van der Waals surface area contributed by atoms with E-state index in [2.05, 4.69) is 16.3 Å². The molecule has 0 aromatic heterocycles. The largest absolute Gasteiger partial charge is 0.490 e. The molecule has 5 fully saturated rings. The van der Waals surface area contributed by atoms with Crippen molar-refractivity contribution in [3.05, 3.63) is 33.4 Å². The second-order valence-corrected chi connectivity index (χ2v) is 11.0. The lowest BCUT2D eigenvalue weighted by molar-refractivity contribution is -0.385. The average molecular weight is 410 g/mol. The van der Waals surface area contributed by atoms with E-state index < -0.39 is 0 Å². The summed E-state index contributed by atoms with van der Waals surface area (Å²) in [6.45, 7) is 3.60. The van der Waals surface area contributed by atoms with Crippen molar-refractivity contribution in [1.82, 2.24) is 10.2 Å². The van der Waals surface area contributed by atoms with Gasteiger partial charge < -0.3 is 10.1 Å². The predicted molar refractivity (Wildman–Crippen MR) is 113 cm³/mol. The number of fused-ring (bicyclic) bond motifs is 1. The van der Waals surface area contributed by atoms with Crippen LogP contribution >= 0.6 is 0 Å². The molecule has 1 N–H and O–H groups in total. The number of rotatable bonds is 4. The minimum atomic E-state index is -0.264. The maximum Gasteiger partial charge on any atom is 0.311 e. The average Bonchev–Trinajstić information content (AvgIpc) is 3.40. The van der Waals surface area contributed by atoms with E-state index in [0.717, 1.165) is 24.8 Å². The first-order chi connectivity index (χ1) is 14.6. The van der Waals surface area contributed by atoms with Gasteiger partial charge in [0.05, 0.1) is 12.0 Å². The Morgan fingerprint density at radius 2 is 2.17 bits per heavy atom. The molecule has 4 bridgehead atoms. The molecule has 6 atom stereocenters. The Morgan fingerprint density at radius 3 is 2.93 bits per heavy atom. The third kappa shape index (κ3) is 1.98. The zero-order valence-electron chi connectivity index (χ0n) is 17.7. The molecule has 0 spiro atoms. The van der Waals surface area contributed by atoms with Gasteiger partial charge in [-0.1, -0.05) is 0 Å². The van der Waals surface area contributed by atoms with Gasteiger partial charge in [0, 0.05) is 30.1 Å². The van der Waals surface area contributed by atoms with Crippen LogP contribution in [0.4, 0.5) is 5.69 Å². The van der Waals surface area contributed by atoms with E-state index in [1.54, 1.807) is 7.11 Å². The highest BCUT2D eigenvalue weighted by Gasteiger charge is 2.75. The number of methoxy groups -OCH3 is 1. The van der Waals surface area contributed by atoms with Crippen LogP contribution in [0.5, 0.6) is 5.75 Å². The van der Waals surface area contributed by atoms with Gasteiger partial charge in [0.25, 0.3) is 0 Å². The van der Waals surface area contributed by atoms with E-state index in [1.807, 2.05) is 6.07 Å². The summed E-state index contributed by atoms with van der Waals surface area (Å²) in [7, 11) is 1.58. The molecule has 160 valence electrons. The Hall–Kier alpha value is -1.66. The van der Waals surface area contributed by atoms with E-state index in [1.165, 1.54) is 62.7 Å². The molecule has 5 unspecified atom stereocenters. The monoisotopic (exact) mass is 409 g/mol. The second kappa shape index (κ2) is 5.77. The minimum absolute atomic E-state index is 0.139. The van der Waals surface area contributed by atoms with Gasteiger partial charge in [-0.3, -0.25) is 15.0 Å². The summed E-state index contributed by atoms with van der Waals surface area (Å²) in [5.74, 6) is 2.78. The van der Waals surface area contributed by atoms with Crippen molar-refractivity contribution in [2.75, 3.05) is 26.7 Å². The summed E-state index contributed by atoms with van der Waals surface area (Å²) in [5.41, 5.74) is 3.30. The fourth-order valence-corrected chi connectivity index (χ4v) is 9.14. The van der Waals surface area contributed by atoms with Crippen LogP contribution in [0.1, 0.15) is 49.7 Å². The van der Waals surface area contributed by atoms with E-state index in [-0.39, 0.29) is 16.0 Å². The number of piperidine rings is 1. The van der Waals surface area contributed by atoms with E-state index in [4.69, 9.17) is 4.74 Å². The third-order valence-electron chi connectivity index (χ3n) is 10.1. The molecule has 1 aromatic rings. The van der Waals surface area contributed by atoms with Gasteiger partial charge in [-0.05, 0) is 98.4 Å². The summed E-state index contributed by atoms with van der Waals surface area (Å²) >= 11 is 0. The van der Waals surface area contributed by atoms with Crippen LogP contribution in [0.15, 0.2) is 12.1 Å². The van der Waals surface area contributed by atoms with Crippen molar-refractivity contribution >= 4 is 5.69 Å². The highest BCUT2D eigenvalue weighted by Crippen LogP contribution is 2.74. The van der Waals surface area contributed by atoms with Crippen molar-refractivity contribution in [2.45, 2.75) is 62.4 Å². The number of nitro benzene ring substituents is 1. The molecule has 30 heavy (non-hydrogen) atoms. The normalized spacial score (nSPS) is 43.2. The molecule has 0 amide bonds. The molecule has 6 aliphatic rings. The number of nitro groups is 1. The fraction of sp³-hybridized carbons (Fsp3) is 0.750. The SMILES string of the molecule is COc1cc2c(cc1[N+](=O)[O-])CC1N(CC3CC3)CCC23C2C4CCC13C[C@@H]2CN4. The van der Waals surface area contributed by atoms with E-state index >= 15 is 0 Å². The van der Waals surface area contributed by atoms with Crippen molar-refractivity contribution in [3.8, 4) is 5.75 Å². The maximum atomic E-state index is 11.8. The molecule has 6 heteroatoms. The van der Waals surface area contributed by atoms with Crippen LogP contribution in [-0.2, 0) is 11.8 Å². The van der Waals surface area contributed by atoms with Crippen molar-refractivity contribution in [3.63, 3.8) is 0 Å². The smallest absolute Gasteiger partial charge is 0.311 e. The van der Waals surface area contributed by atoms with Crippen LogP contribution in [0.25, 0.3) is 0 Å². The van der Waals surface area contributed by atoms with Gasteiger partial charge in [0.2, 0.25) is 0 Å². The second-order valence-electron chi connectivity index (χ2n) is 11.0. The van der Waals surface area contributed by atoms with E-state index in [0.29, 0.717) is 29.2 Å². The lowest BCUT2D eigenvalue weighted by Gasteiger charge is -2.66. The first-order valence-corrected chi connectivity index (χ1v) is 11.9. The third-order valence-corrected chi connectivity index (χ3v) is 10.1. The Morgan fingerprint density at radius 1 is 1.30 bits per heavy atom. The standard InChI is InChI=1S/C24H31N3O3/c1-30-20-10-17-15(8-19(20)27(28)29)9-21-23-5-4-18-22(16(11-23)12-25-18)24(17,23)6-7-26(21)13-14-2-3-14/h8,10,14,16,18,21-22,25H,2-7,9,11-13H2,1H3/t16-,18?,21?,22?,23?,24?/m1/s1. The number of likely N-dealkylation sites (tertiary alicyclic amines) is 1. The van der Waals surface area contributed by atoms with Crippen LogP contribution in [0, 0.1) is 33.3 Å². The Kier molecular flexibility index (Phi) is 3.45. The van der Waals surface area contributed by atoms with Gasteiger partial charge in [-0.2, -0.15) is 0 Å². The molecular formula is C24H31N3O3. The molecule has 6 nitrogen and oxygen atoms in total. The number of nitrogens with zero attached hydrogens (tertiary/aromatic N) is 2. The lowest BCUT2D eigenvalue weighted by Crippen LogP contribution is -2.69. The summed E-state index contributed by atoms with van der Waals surface area (Å²) in [4.78, 5) is 14.3. The molecule has 0 radical (unpaired) electrons. The molecule has 3 saturated carbocycles. The minimum Gasteiger partial charge on any atom is -0.490 e. The topological polar surface area (TPSA) is 67.6 Å². The van der Waals surface area contributed by atoms with Crippen LogP contribution in [-0.4, -0.2) is 48.7 Å². The highest BCUT2D eigenvalue weighted by atomic mass is 16.6. The molecule has 2 saturated heterocycles. The highest BCUT2D eigenvalue weighted by molar-refractivity contribution is 5.58. The number of hydrogen-bond donors (Lipinski definition) is 1. The van der Waals surface area contributed by atoms with Gasteiger partial charge in [0.1, 0.15) is 0 Å². The summed E-state index contributed by atoms with van der Waals surface area (Å²) in [6, 6.07) is 5.14. The number of nitrogens with one attached hydrogen (secondary N) is 1. The van der Waals surface area contributed by atoms with Gasteiger partial charge in [-0.15, -0.1) is 0 Å². The Balaban J connectivity index is 1.45. The zero-order valence-corrected chi connectivity index (χ0v) is 17.7. The summed E-state index contributed by atoms with van der Waals surface area (Å²) in [5, 5.41) is 15.6. The number of ether oxygens (including phenoxy) is 1. The fourth-order valence-electron chi connectivity index (χ4n) is 9.14. The van der Waals surface area contributed by atoms with Crippen LogP contribution in [0.2, 0.25) is 0 Å². The molecule has 4 aliphatic carbocycles. The quantitative estimate of drug-likeness (QED) is 0.611. The van der Waals surface area contributed by atoms with Crippen molar-refractivity contribution < 1.29 is 9.66 Å². The molecule has 2 aliphatic heterocycles. The predicted octanol–water partition coefficient (Wildman–Crippen LogP) is 3.27. The number of benzene rings is 1. The molecular weight excluding hydrogens is 378 g/mol. The maximum absolute atomic E-state index is 11.8. The van der Waals surface area contributed by atoms with Crippen LogP contribution in [0.3, 0.4) is 0 Å². The van der Waals surface area contributed by atoms with E-state index in [9.17, 15) is 10.1 Å². The van der Waals surface area contributed by atoms with Gasteiger partial charge >= 0.3 is 5.69 Å². The Bertz CT molecular complexity index is 946. The van der Waals surface area contributed by atoms with Crippen molar-refractivity contribution in [1.29, 1.82) is 0 Å². The molecule has 2 heterocycles. The zero-order chi connectivity index (χ0) is 20.3. The summed E-state index contributed by atoms with van der Waals surface area (Å²) < 4.78 is 5.56. The van der Waals surface area contributed by atoms with Crippen LogP contribution < -0.4 is 10.1 Å². The number of hydrogen-bond acceptors (Lipinski definition) is 5. The van der Waals surface area contributed by atoms with Gasteiger partial charge in [-0.25, -0.2) is 0 Å². The Labute approximate surface area is 177 Å². The molecule has 1 aromatic carbocycles. The van der Waals surface area contributed by atoms with Gasteiger partial charge in [0.15, 0.2) is 5.75 Å². The first kappa shape index (κ1) is 18.0. The molecule has 7 rings (SSSR count).